The molecular formula is C29H28O10. The zero-order chi connectivity index (χ0) is 27.7. The maximum absolute atomic E-state index is 13.7. The van der Waals surface area contributed by atoms with Crippen LogP contribution in [0.5, 0.6) is 11.5 Å². The molecule has 1 heterocycles. The summed E-state index contributed by atoms with van der Waals surface area (Å²) in [5.74, 6) is -1.05. The average Bonchev–Trinajstić information content (AvgIpc) is 2.96. The normalized spacial score (nSPS) is 24.2. The molecule has 0 spiro atoms. The van der Waals surface area contributed by atoms with Crippen LogP contribution in [0.1, 0.15) is 43.0 Å². The lowest BCUT2D eigenvalue weighted by atomic mass is 9.82. The summed E-state index contributed by atoms with van der Waals surface area (Å²) in [5.41, 5.74) is 1.70. The molecule has 0 saturated carbocycles. The summed E-state index contributed by atoms with van der Waals surface area (Å²) in [6, 6.07) is 17.2. The van der Waals surface area contributed by atoms with Gasteiger partial charge in [0.1, 0.15) is 31.0 Å². The van der Waals surface area contributed by atoms with Crippen molar-refractivity contribution in [3.63, 3.8) is 0 Å². The molecule has 204 valence electrons. The Hall–Kier alpha value is -3.64. The summed E-state index contributed by atoms with van der Waals surface area (Å²) in [6.45, 7) is -1.31. The summed E-state index contributed by atoms with van der Waals surface area (Å²) >= 11 is 0. The lowest BCUT2D eigenvalue weighted by Crippen LogP contribution is -2.60. The predicted octanol–water partition coefficient (Wildman–Crippen LogP) is 0.603. The zero-order valence-electron chi connectivity index (χ0n) is 20.8. The van der Waals surface area contributed by atoms with Crippen molar-refractivity contribution in [1.29, 1.82) is 0 Å². The summed E-state index contributed by atoms with van der Waals surface area (Å²) in [7, 11) is 0. The van der Waals surface area contributed by atoms with Crippen molar-refractivity contribution in [3.8, 4) is 11.5 Å². The highest BCUT2D eigenvalue weighted by molar-refractivity contribution is 6.29. The van der Waals surface area contributed by atoms with Crippen LogP contribution < -0.4 is 9.47 Å². The van der Waals surface area contributed by atoms with Gasteiger partial charge in [-0.1, -0.05) is 54.6 Å². The van der Waals surface area contributed by atoms with Crippen molar-refractivity contribution in [3.05, 3.63) is 94.0 Å². The van der Waals surface area contributed by atoms with Crippen LogP contribution in [-0.2, 0) is 11.2 Å². The number of ether oxygens (including phenoxy) is 3. The maximum Gasteiger partial charge on any atom is 0.229 e. The molecule has 1 saturated heterocycles. The second-order valence-electron chi connectivity index (χ2n) is 9.37. The van der Waals surface area contributed by atoms with Crippen molar-refractivity contribution in [2.75, 3.05) is 19.8 Å². The molecule has 5 rings (SSSR count). The molecule has 0 aromatic heterocycles. The third-order valence-corrected chi connectivity index (χ3v) is 6.86. The van der Waals surface area contributed by atoms with Gasteiger partial charge in [0.15, 0.2) is 23.1 Å². The number of carbonyl (C=O) groups is 2. The molecule has 1 fully saturated rings. The Kier molecular flexibility index (Phi) is 7.76. The van der Waals surface area contributed by atoms with Gasteiger partial charge in [0.05, 0.1) is 18.8 Å². The van der Waals surface area contributed by atoms with E-state index in [9.17, 15) is 35.1 Å². The second-order valence-corrected chi connectivity index (χ2v) is 9.37. The van der Waals surface area contributed by atoms with Crippen LogP contribution in [0.3, 0.4) is 0 Å². The first-order chi connectivity index (χ1) is 18.8. The fourth-order valence-corrected chi connectivity index (χ4v) is 4.90. The summed E-state index contributed by atoms with van der Waals surface area (Å²) < 4.78 is 17.4. The first kappa shape index (κ1) is 26.9. The number of ketones is 2. The van der Waals surface area contributed by atoms with Crippen molar-refractivity contribution >= 4 is 11.6 Å². The number of fused-ring (bicyclic) bond motifs is 2. The summed E-state index contributed by atoms with van der Waals surface area (Å²) in [4.78, 5) is 27.2. The van der Waals surface area contributed by atoms with Gasteiger partial charge in [-0.2, -0.15) is 0 Å². The first-order valence-corrected chi connectivity index (χ1v) is 12.5. The number of rotatable bonds is 8. The second kappa shape index (κ2) is 11.2. The number of hydrogen-bond donors (Lipinski definition) is 5. The number of carbonyl (C=O) groups excluding carboxylic acids is 2. The molecule has 0 radical (unpaired) electrons. The number of aliphatic hydroxyl groups is 5. The van der Waals surface area contributed by atoms with Gasteiger partial charge < -0.3 is 39.7 Å². The fourth-order valence-electron chi connectivity index (χ4n) is 4.90. The first-order valence-electron chi connectivity index (χ1n) is 12.5. The van der Waals surface area contributed by atoms with E-state index in [4.69, 9.17) is 14.2 Å². The van der Waals surface area contributed by atoms with Gasteiger partial charge in [-0.3, -0.25) is 9.59 Å². The summed E-state index contributed by atoms with van der Waals surface area (Å²) in [5, 5.41) is 50.3. The Labute approximate surface area is 223 Å². The van der Waals surface area contributed by atoms with Crippen LogP contribution >= 0.6 is 0 Å². The van der Waals surface area contributed by atoms with Gasteiger partial charge in [-0.25, -0.2) is 0 Å². The van der Waals surface area contributed by atoms with Crippen molar-refractivity contribution < 1.29 is 49.3 Å². The minimum atomic E-state index is -1.73. The Morgan fingerprint density at radius 1 is 0.769 bits per heavy atom. The van der Waals surface area contributed by atoms with Crippen molar-refractivity contribution in [2.45, 2.75) is 37.1 Å². The molecule has 3 aromatic carbocycles. The van der Waals surface area contributed by atoms with Gasteiger partial charge in [-0.15, -0.1) is 0 Å². The van der Waals surface area contributed by atoms with Crippen LogP contribution in [0.2, 0.25) is 0 Å². The Morgan fingerprint density at radius 2 is 1.44 bits per heavy atom. The molecule has 0 bridgehead atoms. The largest absolute Gasteiger partial charge is 0.486 e. The maximum atomic E-state index is 13.7. The van der Waals surface area contributed by atoms with E-state index in [-0.39, 0.29) is 52.6 Å². The van der Waals surface area contributed by atoms with Crippen LogP contribution in [0.15, 0.2) is 60.7 Å². The molecule has 1 aliphatic carbocycles. The highest BCUT2D eigenvalue weighted by Crippen LogP contribution is 2.44. The Morgan fingerprint density at radius 3 is 2.10 bits per heavy atom. The quantitative estimate of drug-likeness (QED) is 0.216. The minimum Gasteiger partial charge on any atom is -0.486 e. The van der Waals surface area contributed by atoms with Gasteiger partial charge in [0.25, 0.3) is 0 Å². The number of hydrogen-bond acceptors (Lipinski definition) is 10. The Balaban J connectivity index is 1.69. The summed E-state index contributed by atoms with van der Waals surface area (Å²) in [6.07, 6.45) is -7.62. The monoisotopic (exact) mass is 536 g/mol. The average molecular weight is 537 g/mol. The fraction of sp³-hybridized carbons (Fsp3) is 0.310. The molecule has 0 amide bonds. The molecule has 1 aliphatic heterocycles. The SMILES string of the molecule is O=C1c2ccccc2C(=O)c2c1cc(Cc1ccccc1)c(O[C@@H]1O[C@@H](CO)[C@H](O)[C@@H](O)[C@@H]1O)c2OCCO. The molecule has 5 N–H and O–H groups in total. The van der Waals surface area contributed by atoms with Gasteiger partial charge in [0, 0.05) is 28.7 Å². The topological polar surface area (TPSA) is 163 Å². The molecule has 5 atom stereocenters. The van der Waals surface area contributed by atoms with E-state index >= 15 is 0 Å². The van der Waals surface area contributed by atoms with E-state index in [2.05, 4.69) is 0 Å². The molecule has 0 unspecified atom stereocenters. The highest BCUT2D eigenvalue weighted by atomic mass is 16.7. The standard InChI is InChI=1S/C29H28O10/c30-10-11-37-28-21-19(22(32)17-8-4-5-9-18(17)23(21)33)13-16(12-15-6-2-1-3-7-15)27(28)39-29-26(36)25(35)24(34)20(14-31)38-29/h1-9,13,20,24-26,29-31,34-36H,10-12,14H2/t20-,24-,25+,26-,29-/m0/s1. The van der Waals surface area contributed by atoms with E-state index in [0.717, 1.165) is 5.56 Å². The molecule has 10 nitrogen and oxygen atoms in total. The molecule has 10 heteroatoms. The van der Waals surface area contributed by atoms with Crippen molar-refractivity contribution in [2.24, 2.45) is 0 Å². The highest BCUT2D eigenvalue weighted by Gasteiger charge is 2.46. The van der Waals surface area contributed by atoms with Gasteiger partial charge in [0.2, 0.25) is 6.29 Å². The lowest BCUT2D eigenvalue weighted by molar-refractivity contribution is -0.277. The molecule has 39 heavy (non-hydrogen) atoms. The number of aliphatic hydroxyl groups excluding tert-OH is 5. The van der Waals surface area contributed by atoms with E-state index in [1.165, 1.54) is 12.1 Å². The van der Waals surface area contributed by atoms with Crippen LogP contribution in [0, 0.1) is 0 Å². The van der Waals surface area contributed by atoms with Gasteiger partial charge >= 0.3 is 0 Å². The molecule has 2 aliphatic rings. The van der Waals surface area contributed by atoms with Gasteiger partial charge in [-0.05, 0) is 11.6 Å². The van der Waals surface area contributed by atoms with Crippen LogP contribution in [0.25, 0.3) is 0 Å². The van der Waals surface area contributed by atoms with E-state index in [0.29, 0.717) is 5.56 Å². The van der Waals surface area contributed by atoms with E-state index in [1.807, 2.05) is 30.3 Å². The van der Waals surface area contributed by atoms with Crippen LogP contribution in [-0.4, -0.2) is 87.6 Å². The smallest absolute Gasteiger partial charge is 0.229 e. The predicted molar refractivity (Wildman–Crippen MR) is 136 cm³/mol. The van der Waals surface area contributed by atoms with E-state index in [1.54, 1.807) is 18.2 Å². The van der Waals surface area contributed by atoms with E-state index < -0.39 is 49.7 Å². The van der Waals surface area contributed by atoms with Crippen molar-refractivity contribution in [1.82, 2.24) is 0 Å². The lowest BCUT2D eigenvalue weighted by Gasteiger charge is -2.40. The Bertz CT molecular complexity index is 1370. The third kappa shape index (κ3) is 4.94. The zero-order valence-corrected chi connectivity index (χ0v) is 20.8. The minimum absolute atomic E-state index is 0.0455. The third-order valence-electron chi connectivity index (χ3n) is 6.86. The van der Waals surface area contributed by atoms with Crippen LogP contribution in [0.4, 0.5) is 0 Å². The molecular weight excluding hydrogens is 508 g/mol. The molecule has 3 aromatic rings. The number of benzene rings is 3.